The molecule has 2 aliphatic carbocycles. The molecule has 0 spiro atoms. The second kappa shape index (κ2) is 5.17. The van der Waals surface area contributed by atoms with Crippen molar-refractivity contribution in [1.29, 1.82) is 0 Å². The molecule has 0 aromatic rings. The highest BCUT2D eigenvalue weighted by Gasteiger charge is 2.31. The molecule has 2 fully saturated rings. The van der Waals surface area contributed by atoms with Crippen LogP contribution in [0.25, 0.3) is 0 Å². The van der Waals surface area contributed by atoms with Gasteiger partial charge in [-0.2, -0.15) is 0 Å². The van der Waals surface area contributed by atoms with Crippen LogP contribution >= 0.6 is 0 Å². The minimum absolute atomic E-state index is 0.0707. The van der Waals surface area contributed by atoms with Crippen molar-refractivity contribution in [3.63, 3.8) is 0 Å². The van der Waals surface area contributed by atoms with Gasteiger partial charge in [-0.25, -0.2) is 0 Å². The summed E-state index contributed by atoms with van der Waals surface area (Å²) in [5, 5.41) is 9.90. The van der Waals surface area contributed by atoms with Crippen molar-refractivity contribution in [3.05, 3.63) is 0 Å². The number of aliphatic hydroxyl groups excluding tert-OH is 1. The highest BCUT2D eigenvalue weighted by Crippen LogP contribution is 2.31. The van der Waals surface area contributed by atoms with Gasteiger partial charge in [-0.3, -0.25) is 4.79 Å². The van der Waals surface area contributed by atoms with Crippen molar-refractivity contribution in [1.82, 2.24) is 4.90 Å². The third-order valence-electron chi connectivity index (χ3n) is 4.27. The van der Waals surface area contributed by atoms with Gasteiger partial charge in [-0.15, -0.1) is 0 Å². The van der Waals surface area contributed by atoms with Crippen molar-refractivity contribution in [2.24, 2.45) is 5.92 Å². The fourth-order valence-electron chi connectivity index (χ4n) is 2.82. The number of nitrogens with zero attached hydrogens (tertiary/aromatic N) is 1. The molecule has 2 atom stereocenters. The molecule has 1 amide bonds. The van der Waals surface area contributed by atoms with Crippen molar-refractivity contribution >= 4 is 5.91 Å². The lowest BCUT2D eigenvalue weighted by Gasteiger charge is -2.36. The van der Waals surface area contributed by atoms with E-state index in [2.05, 4.69) is 0 Å². The van der Waals surface area contributed by atoms with Crippen LogP contribution < -0.4 is 0 Å². The molecule has 2 unspecified atom stereocenters. The zero-order valence-corrected chi connectivity index (χ0v) is 10.2. The topological polar surface area (TPSA) is 40.5 Å². The third kappa shape index (κ3) is 2.57. The van der Waals surface area contributed by atoms with Crippen LogP contribution in [0.2, 0.25) is 0 Å². The average molecular weight is 225 g/mol. The minimum Gasteiger partial charge on any atom is -0.391 e. The van der Waals surface area contributed by atoms with Crippen molar-refractivity contribution in [3.8, 4) is 0 Å². The lowest BCUT2D eigenvalue weighted by Crippen LogP contribution is -2.46. The summed E-state index contributed by atoms with van der Waals surface area (Å²) in [7, 11) is 1.86. The fourth-order valence-corrected chi connectivity index (χ4v) is 2.82. The van der Waals surface area contributed by atoms with Crippen LogP contribution in [0.15, 0.2) is 0 Å². The summed E-state index contributed by atoms with van der Waals surface area (Å²) in [5.74, 6) is 0.853. The van der Waals surface area contributed by atoms with Gasteiger partial charge in [-0.05, 0) is 31.6 Å². The van der Waals surface area contributed by atoms with Crippen molar-refractivity contribution in [2.45, 2.75) is 63.5 Å². The molecule has 0 saturated heterocycles. The van der Waals surface area contributed by atoms with E-state index in [1.165, 1.54) is 19.3 Å². The molecule has 92 valence electrons. The molecule has 0 radical (unpaired) electrons. The van der Waals surface area contributed by atoms with E-state index < -0.39 is 0 Å². The van der Waals surface area contributed by atoms with E-state index in [1.807, 2.05) is 11.9 Å². The Morgan fingerprint density at radius 3 is 2.44 bits per heavy atom. The zero-order chi connectivity index (χ0) is 11.5. The van der Waals surface area contributed by atoms with E-state index in [4.69, 9.17) is 0 Å². The van der Waals surface area contributed by atoms with E-state index in [9.17, 15) is 9.90 Å². The highest BCUT2D eigenvalue weighted by molar-refractivity contribution is 5.76. The van der Waals surface area contributed by atoms with E-state index >= 15 is 0 Å². The van der Waals surface area contributed by atoms with E-state index in [0.717, 1.165) is 25.7 Å². The van der Waals surface area contributed by atoms with Crippen molar-refractivity contribution in [2.75, 3.05) is 7.05 Å². The molecule has 0 heterocycles. The first-order valence-electron chi connectivity index (χ1n) is 6.62. The Hall–Kier alpha value is -0.570. The Labute approximate surface area is 97.8 Å². The molecule has 2 aliphatic rings. The normalized spacial score (nSPS) is 30.9. The molecule has 0 aromatic carbocycles. The van der Waals surface area contributed by atoms with Gasteiger partial charge in [0.2, 0.25) is 5.91 Å². The average Bonchev–Trinajstić information content (AvgIpc) is 2.23. The number of hydrogen-bond donors (Lipinski definition) is 1. The predicted molar refractivity (Wildman–Crippen MR) is 63.0 cm³/mol. The van der Waals surface area contributed by atoms with Gasteiger partial charge in [0, 0.05) is 13.5 Å². The lowest BCUT2D eigenvalue weighted by molar-refractivity contribution is -0.137. The first-order valence-corrected chi connectivity index (χ1v) is 6.62. The Bertz CT molecular complexity index is 250. The van der Waals surface area contributed by atoms with Crippen LogP contribution in [0.1, 0.15) is 51.4 Å². The Kier molecular flexibility index (Phi) is 3.85. The number of rotatable bonds is 3. The van der Waals surface area contributed by atoms with Crippen molar-refractivity contribution < 1.29 is 9.90 Å². The largest absolute Gasteiger partial charge is 0.391 e. The molecule has 2 rings (SSSR count). The molecule has 0 bridgehead atoms. The summed E-state index contributed by atoms with van der Waals surface area (Å²) >= 11 is 0. The van der Waals surface area contributed by atoms with Crippen LogP contribution in [0, 0.1) is 5.92 Å². The minimum atomic E-state index is -0.302. The number of carbonyl (C=O) groups excluding carboxylic acids is 1. The lowest BCUT2D eigenvalue weighted by atomic mass is 9.82. The maximum atomic E-state index is 12.0. The SMILES string of the molecule is CN(C(=O)CC1CCC1)C1CCCCC1O. The van der Waals surface area contributed by atoms with Gasteiger partial charge in [-0.1, -0.05) is 19.3 Å². The number of aliphatic hydroxyl groups is 1. The Morgan fingerprint density at radius 2 is 1.88 bits per heavy atom. The monoisotopic (exact) mass is 225 g/mol. The number of amides is 1. The summed E-state index contributed by atoms with van der Waals surface area (Å²) in [5.41, 5.74) is 0. The first kappa shape index (κ1) is 11.9. The van der Waals surface area contributed by atoms with E-state index in [0.29, 0.717) is 12.3 Å². The Balaban J connectivity index is 1.84. The maximum Gasteiger partial charge on any atom is 0.222 e. The second-order valence-electron chi connectivity index (χ2n) is 5.42. The van der Waals surface area contributed by atoms with Gasteiger partial charge >= 0.3 is 0 Å². The van der Waals surface area contributed by atoms with Gasteiger partial charge in [0.15, 0.2) is 0 Å². The highest BCUT2D eigenvalue weighted by atomic mass is 16.3. The van der Waals surface area contributed by atoms with Gasteiger partial charge in [0.25, 0.3) is 0 Å². The molecule has 3 heteroatoms. The molecular formula is C13H23NO2. The fraction of sp³-hybridized carbons (Fsp3) is 0.923. The van der Waals surface area contributed by atoms with Crippen LogP contribution in [-0.4, -0.2) is 35.1 Å². The van der Waals surface area contributed by atoms with Gasteiger partial charge in [0.1, 0.15) is 0 Å². The zero-order valence-electron chi connectivity index (χ0n) is 10.2. The third-order valence-corrected chi connectivity index (χ3v) is 4.27. The standard InChI is InChI=1S/C13H23NO2/c1-14(11-7-2-3-8-12(11)15)13(16)9-10-5-4-6-10/h10-12,15H,2-9H2,1H3. The summed E-state index contributed by atoms with van der Waals surface area (Å²) in [4.78, 5) is 13.8. The molecule has 0 aliphatic heterocycles. The number of carbonyl (C=O) groups is 1. The van der Waals surface area contributed by atoms with Crippen LogP contribution in [0.4, 0.5) is 0 Å². The smallest absolute Gasteiger partial charge is 0.222 e. The van der Waals surface area contributed by atoms with Gasteiger partial charge < -0.3 is 10.0 Å². The quantitative estimate of drug-likeness (QED) is 0.797. The van der Waals surface area contributed by atoms with Crippen LogP contribution in [0.3, 0.4) is 0 Å². The summed E-state index contributed by atoms with van der Waals surface area (Å²) in [6, 6.07) is 0.0707. The molecule has 16 heavy (non-hydrogen) atoms. The maximum absolute atomic E-state index is 12.0. The first-order chi connectivity index (χ1) is 7.68. The van der Waals surface area contributed by atoms with Crippen LogP contribution in [0.5, 0.6) is 0 Å². The summed E-state index contributed by atoms with van der Waals surface area (Å²) < 4.78 is 0. The predicted octanol–water partition coefficient (Wildman–Crippen LogP) is 1.94. The summed E-state index contributed by atoms with van der Waals surface area (Å²) in [6.45, 7) is 0. The number of likely N-dealkylation sites (N-methyl/N-ethyl adjacent to an activating group) is 1. The van der Waals surface area contributed by atoms with Crippen LogP contribution in [-0.2, 0) is 4.79 Å². The molecule has 2 saturated carbocycles. The Morgan fingerprint density at radius 1 is 1.19 bits per heavy atom. The second-order valence-corrected chi connectivity index (χ2v) is 5.42. The summed E-state index contributed by atoms with van der Waals surface area (Å²) in [6.07, 6.45) is 8.17. The van der Waals surface area contributed by atoms with Gasteiger partial charge in [0.05, 0.1) is 12.1 Å². The molecular weight excluding hydrogens is 202 g/mol. The molecule has 0 aromatic heterocycles. The molecule has 1 N–H and O–H groups in total. The van der Waals surface area contributed by atoms with E-state index in [-0.39, 0.29) is 18.1 Å². The molecule has 3 nitrogen and oxygen atoms in total. The number of hydrogen-bond acceptors (Lipinski definition) is 2. The van der Waals surface area contributed by atoms with E-state index in [1.54, 1.807) is 0 Å².